The summed E-state index contributed by atoms with van der Waals surface area (Å²) in [7, 11) is 1.63. The molecule has 1 aliphatic rings. The van der Waals surface area contributed by atoms with Gasteiger partial charge in [0, 0.05) is 24.8 Å². The number of hydrogen-bond acceptors (Lipinski definition) is 3. The zero-order chi connectivity index (χ0) is 13.8. The molecule has 2 rings (SSSR count). The summed E-state index contributed by atoms with van der Waals surface area (Å²) in [5.74, 6) is 0.787. The predicted octanol–water partition coefficient (Wildman–Crippen LogP) is 1.96. The molecule has 1 aliphatic heterocycles. The summed E-state index contributed by atoms with van der Waals surface area (Å²) in [5.41, 5.74) is 7.68. The number of hydrogen-bond donors (Lipinski definition) is 2. The lowest BCUT2D eigenvalue weighted by Gasteiger charge is -2.31. The predicted molar refractivity (Wildman–Crippen MR) is 75.5 cm³/mol. The van der Waals surface area contributed by atoms with Gasteiger partial charge in [-0.1, -0.05) is 0 Å². The number of methoxy groups -OCH3 is 1. The Morgan fingerprint density at radius 3 is 2.95 bits per heavy atom. The summed E-state index contributed by atoms with van der Waals surface area (Å²) >= 11 is 0. The van der Waals surface area contributed by atoms with Gasteiger partial charge < -0.3 is 20.7 Å². The second-order valence-corrected chi connectivity index (χ2v) is 4.96. The smallest absolute Gasteiger partial charge is 0.321 e. The molecule has 104 valence electrons. The van der Waals surface area contributed by atoms with E-state index in [1.807, 2.05) is 25.1 Å². The lowest BCUT2D eigenvalue weighted by molar-refractivity contribution is 0.193. The fraction of sp³-hybridized carbons (Fsp3) is 0.500. The number of anilines is 1. The Balaban J connectivity index is 2.02. The maximum Gasteiger partial charge on any atom is 0.321 e. The first-order valence-corrected chi connectivity index (χ1v) is 6.56. The number of urea groups is 1. The third-order valence-electron chi connectivity index (χ3n) is 3.42. The van der Waals surface area contributed by atoms with Gasteiger partial charge in [-0.05, 0) is 43.5 Å². The normalized spacial score (nSPS) is 19.1. The SMILES string of the molecule is COc1ccc(NC(=O)N2CCC[C@H](N)C2)c(C)c1. The van der Waals surface area contributed by atoms with Crippen LogP contribution >= 0.6 is 0 Å². The first-order chi connectivity index (χ1) is 9.10. The lowest BCUT2D eigenvalue weighted by Crippen LogP contribution is -2.47. The van der Waals surface area contributed by atoms with E-state index < -0.39 is 0 Å². The maximum absolute atomic E-state index is 12.1. The maximum atomic E-state index is 12.1. The number of carbonyl (C=O) groups is 1. The van der Waals surface area contributed by atoms with Gasteiger partial charge in [0.25, 0.3) is 0 Å². The average Bonchev–Trinajstić information content (AvgIpc) is 2.41. The lowest BCUT2D eigenvalue weighted by atomic mass is 10.1. The molecule has 5 nitrogen and oxygen atoms in total. The number of nitrogens with one attached hydrogen (secondary N) is 1. The molecule has 3 N–H and O–H groups in total. The molecular weight excluding hydrogens is 242 g/mol. The number of carbonyl (C=O) groups excluding carboxylic acids is 1. The van der Waals surface area contributed by atoms with Crippen molar-refractivity contribution >= 4 is 11.7 Å². The van der Waals surface area contributed by atoms with Crippen molar-refractivity contribution in [1.29, 1.82) is 0 Å². The van der Waals surface area contributed by atoms with Crippen LogP contribution in [0.1, 0.15) is 18.4 Å². The molecule has 1 atom stereocenters. The number of rotatable bonds is 2. The molecule has 0 aromatic heterocycles. The van der Waals surface area contributed by atoms with Gasteiger partial charge in [-0.15, -0.1) is 0 Å². The summed E-state index contributed by atoms with van der Waals surface area (Å²) in [4.78, 5) is 13.9. The van der Waals surface area contributed by atoms with E-state index in [4.69, 9.17) is 10.5 Å². The molecule has 0 bridgehead atoms. The first-order valence-electron chi connectivity index (χ1n) is 6.56. The van der Waals surface area contributed by atoms with Crippen molar-refractivity contribution in [3.63, 3.8) is 0 Å². The van der Waals surface area contributed by atoms with Crippen LogP contribution in [-0.4, -0.2) is 37.2 Å². The zero-order valence-corrected chi connectivity index (χ0v) is 11.5. The van der Waals surface area contributed by atoms with Crippen molar-refractivity contribution < 1.29 is 9.53 Å². The van der Waals surface area contributed by atoms with E-state index in [1.165, 1.54) is 0 Å². The van der Waals surface area contributed by atoms with Crippen LogP contribution in [0.5, 0.6) is 5.75 Å². The van der Waals surface area contributed by atoms with Crippen molar-refractivity contribution in [1.82, 2.24) is 4.90 Å². The van der Waals surface area contributed by atoms with Gasteiger partial charge >= 0.3 is 6.03 Å². The van der Waals surface area contributed by atoms with Crippen molar-refractivity contribution in [2.45, 2.75) is 25.8 Å². The number of nitrogens with zero attached hydrogens (tertiary/aromatic N) is 1. The van der Waals surface area contributed by atoms with Gasteiger partial charge in [0.2, 0.25) is 0 Å². The van der Waals surface area contributed by atoms with E-state index >= 15 is 0 Å². The van der Waals surface area contributed by atoms with Crippen molar-refractivity contribution in [2.24, 2.45) is 5.73 Å². The molecular formula is C14H21N3O2. The molecule has 2 amide bonds. The minimum atomic E-state index is -0.0802. The van der Waals surface area contributed by atoms with Gasteiger partial charge in [-0.2, -0.15) is 0 Å². The van der Waals surface area contributed by atoms with E-state index in [-0.39, 0.29) is 12.1 Å². The molecule has 5 heteroatoms. The molecule has 1 aromatic rings. The van der Waals surface area contributed by atoms with Gasteiger partial charge in [-0.25, -0.2) is 4.79 Å². The quantitative estimate of drug-likeness (QED) is 0.857. The van der Waals surface area contributed by atoms with Crippen LogP contribution in [0.3, 0.4) is 0 Å². The Morgan fingerprint density at radius 1 is 1.53 bits per heavy atom. The van der Waals surface area contributed by atoms with E-state index in [2.05, 4.69) is 5.32 Å². The Labute approximate surface area is 113 Å². The number of piperidine rings is 1. The van der Waals surface area contributed by atoms with Crippen molar-refractivity contribution in [3.05, 3.63) is 23.8 Å². The Bertz CT molecular complexity index is 462. The van der Waals surface area contributed by atoms with Crippen LogP contribution < -0.4 is 15.8 Å². The van der Waals surface area contributed by atoms with Crippen LogP contribution in [0.25, 0.3) is 0 Å². The minimum Gasteiger partial charge on any atom is -0.497 e. The Morgan fingerprint density at radius 2 is 2.32 bits per heavy atom. The van der Waals surface area contributed by atoms with Crippen LogP contribution in [0.4, 0.5) is 10.5 Å². The molecule has 0 radical (unpaired) electrons. The zero-order valence-electron chi connectivity index (χ0n) is 11.5. The molecule has 0 saturated carbocycles. The second-order valence-electron chi connectivity index (χ2n) is 4.96. The highest BCUT2D eigenvalue weighted by atomic mass is 16.5. The number of nitrogens with two attached hydrogens (primary N) is 1. The first kappa shape index (κ1) is 13.7. The summed E-state index contributed by atoms with van der Waals surface area (Å²) in [5, 5.41) is 2.93. The Hall–Kier alpha value is -1.75. The summed E-state index contributed by atoms with van der Waals surface area (Å²) in [6, 6.07) is 5.61. The van der Waals surface area contributed by atoms with Crippen LogP contribution in [0.2, 0.25) is 0 Å². The van der Waals surface area contributed by atoms with E-state index in [0.29, 0.717) is 6.54 Å². The number of aryl methyl sites for hydroxylation is 1. The third kappa shape index (κ3) is 3.38. The van der Waals surface area contributed by atoms with Crippen LogP contribution in [-0.2, 0) is 0 Å². The monoisotopic (exact) mass is 263 g/mol. The number of benzene rings is 1. The van der Waals surface area contributed by atoms with Crippen LogP contribution in [0.15, 0.2) is 18.2 Å². The van der Waals surface area contributed by atoms with Gasteiger partial charge in [0.05, 0.1) is 7.11 Å². The van der Waals surface area contributed by atoms with Crippen molar-refractivity contribution in [2.75, 3.05) is 25.5 Å². The molecule has 0 aliphatic carbocycles. The number of ether oxygens (including phenoxy) is 1. The second kappa shape index (κ2) is 5.93. The highest BCUT2D eigenvalue weighted by Crippen LogP contribution is 2.21. The topological polar surface area (TPSA) is 67.6 Å². The molecule has 1 saturated heterocycles. The standard InChI is InChI=1S/C14H21N3O2/c1-10-8-12(19-2)5-6-13(10)16-14(18)17-7-3-4-11(15)9-17/h5-6,8,11H,3-4,7,9,15H2,1-2H3,(H,16,18)/t11-/m0/s1. The number of amides is 2. The largest absolute Gasteiger partial charge is 0.497 e. The van der Waals surface area contributed by atoms with Gasteiger partial charge in [0.15, 0.2) is 0 Å². The third-order valence-corrected chi connectivity index (χ3v) is 3.42. The minimum absolute atomic E-state index is 0.0802. The average molecular weight is 263 g/mol. The van der Waals surface area contributed by atoms with Crippen LogP contribution in [0, 0.1) is 6.92 Å². The molecule has 0 unspecified atom stereocenters. The Kier molecular flexibility index (Phi) is 4.27. The summed E-state index contributed by atoms with van der Waals surface area (Å²) in [6.07, 6.45) is 1.96. The number of likely N-dealkylation sites (tertiary alicyclic amines) is 1. The summed E-state index contributed by atoms with van der Waals surface area (Å²) < 4.78 is 5.15. The van der Waals surface area contributed by atoms with Crippen molar-refractivity contribution in [3.8, 4) is 5.75 Å². The summed E-state index contributed by atoms with van der Waals surface area (Å²) in [6.45, 7) is 3.34. The molecule has 19 heavy (non-hydrogen) atoms. The molecule has 1 heterocycles. The highest BCUT2D eigenvalue weighted by Gasteiger charge is 2.21. The molecule has 1 fully saturated rings. The fourth-order valence-electron chi connectivity index (χ4n) is 2.29. The van der Waals surface area contributed by atoms with E-state index in [0.717, 1.165) is 36.4 Å². The van der Waals surface area contributed by atoms with E-state index in [9.17, 15) is 4.79 Å². The van der Waals surface area contributed by atoms with Gasteiger partial charge in [0.1, 0.15) is 5.75 Å². The highest BCUT2D eigenvalue weighted by molar-refractivity contribution is 5.90. The van der Waals surface area contributed by atoms with Gasteiger partial charge in [-0.3, -0.25) is 0 Å². The molecule has 1 aromatic carbocycles. The molecule has 0 spiro atoms. The van der Waals surface area contributed by atoms with E-state index in [1.54, 1.807) is 12.0 Å². The fourth-order valence-corrected chi connectivity index (χ4v) is 2.29.